The number of aryl methyl sites for hydroxylation is 1. The van der Waals surface area contributed by atoms with E-state index in [9.17, 15) is 4.79 Å². The van der Waals surface area contributed by atoms with Crippen LogP contribution < -0.4 is 5.73 Å². The van der Waals surface area contributed by atoms with Crippen molar-refractivity contribution in [3.8, 4) is 0 Å². The fourth-order valence-electron chi connectivity index (χ4n) is 5.51. The zero-order valence-corrected chi connectivity index (χ0v) is 21.2. The molecule has 0 amide bonds. The summed E-state index contributed by atoms with van der Waals surface area (Å²) in [6.45, 7) is 11.1. The van der Waals surface area contributed by atoms with Gasteiger partial charge in [-0.2, -0.15) is 0 Å². The number of hydrogen-bond acceptors (Lipinski definition) is 2. The van der Waals surface area contributed by atoms with Crippen LogP contribution in [0.5, 0.6) is 0 Å². The van der Waals surface area contributed by atoms with Crippen molar-refractivity contribution in [1.29, 1.82) is 0 Å². The van der Waals surface area contributed by atoms with Crippen molar-refractivity contribution in [2.45, 2.75) is 64.8 Å². The van der Waals surface area contributed by atoms with Crippen LogP contribution in [0.15, 0.2) is 85.0 Å². The fraction of sp³-hybridized carbons (Fsp3) is 0.364. The zero-order chi connectivity index (χ0) is 24.8. The second-order valence-corrected chi connectivity index (χ2v) is 10.4. The molecule has 0 atom stereocenters. The maximum Gasteiger partial charge on any atom is 0.132 e. The lowest BCUT2D eigenvalue weighted by molar-refractivity contribution is -0.121. The summed E-state index contributed by atoms with van der Waals surface area (Å²) in [5.41, 5.74) is 16.1. The van der Waals surface area contributed by atoms with E-state index in [1.54, 1.807) is 6.92 Å². The van der Waals surface area contributed by atoms with E-state index in [2.05, 4.69) is 73.8 Å². The third-order valence-corrected chi connectivity index (χ3v) is 7.87. The third-order valence-electron chi connectivity index (χ3n) is 7.87. The Hall–Kier alpha value is -2.97. The van der Waals surface area contributed by atoms with E-state index < -0.39 is 0 Å². The molecule has 4 rings (SSSR count). The Bertz CT molecular complexity index is 1140. The Morgan fingerprint density at radius 3 is 2.23 bits per heavy atom. The molecule has 2 aromatic carbocycles. The molecule has 182 valence electrons. The van der Waals surface area contributed by atoms with Crippen molar-refractivity contribution >= 4 is 16.9 Å². The number of nitrogens with two attached hydrogens (primary N) is 1. The molecular formula is C33H39NO. The molecule has 0 saturated heterocycles. The van der Waals surface area contributed by atoms with Gasteiger partial charge in [-0.25, -0.2) is 0 Å². The van der Waals surface area contributed by atoms with E-state index in [0.717, 1.165) is 62.5 Å². The summed E-state index contributed by atoms with van der Waals surface area (Å²) in [5.74, 6) is 1.11. The smallest absolute Gasteiger partial charge is 0.132 e. The minimum Gasteiger partial charge on any atom is -0.326 e. The zero-order valence-electron chi connectivity index (χ0n) is 21.2. The van der Waals surface area contributed by atoms with Crippen LogP contribution in [0, 0.1) is 11.8 Å². The molecule has 0 spiro atoms. The number of hydrogen-bond donors (Lipinski definition) is 1. The third kappa shape index (κ3) is 6.58. The van der Waals surface area contributed by atoms with Gasteiger partial charge in [0.1, 0.15) is 5.78 Å². The van der Waals surface area contributed by atoms with E-state index in [-0.39, 0.29) is 5.92 Å². The van der Waals surface area contributed by atoms with Gasteiger partial charge < -0.3 is 5.73 Å². The van der Waals surface area contributed by atoms with Crippen molar-refractivity contribution in [3.05, 3.63) is 107 Å². The lowest BCUT2D eigenvalue weighted by Gasteiger charge is -2.28. The SMILES string of the molecule is C=C(CC1=CC=C(CCc2cccc(C(=C)C3CCC(C(C)=O)CC3)c2)C1)c1ccc(CN)cc1. The van der Waals surface area contributed by atoms with Crippen molar-refractivity contribution in [1.82, 2.24) is 0 Å². The van der Waals surface area contributed by atoms with Gasteiger partial charge in [0.05, 0.1) is 0 Å². The minimum absolute atomic E-state index is 0.262. The Balaban J connectivity index is 1.25. The summed E-state index contributed by atoms with van der Waals surface area (Å²) in [6.07, 6.45) is 12.9. The summed E-state index contributed by atoms with van der Waals surface area (Å²) in [5, 5.41) is 0. The first-order chi connectivity index (χ1) is 16.9. The molecule has 2 heteroatoms. The lowest BCUT2D eigenvalue weighted by atomic mass is 9.76. The predicted octanol–water partition coefficient (Wildman–Crippen LogP) is 7.85. The summed E-state index contributed by atoms with van der Waals surface area (Å²) < 4.78 is 0. The van der Waals surface area contributed by atoms with E-state index in [4.69, 9.17) is 5.73 Å². The number of allylic oxidation sites excluding steroid dienone is 6. The van der Waals surface area contributed by atoms with Gasteiger partial charge in [-0.05, 0) is 97.6 Å². The first-order valence-corrected chi connectivity index (χ1v) is 13.1. The average molecular weight is 466 g/mol. The Kier molecular flexibility index (Phi) is 8.36. The van der Waals surface area contributed by atoms with Crippen LogP contribution in [-0.2, 0) is 17.8 Å². The van der Waals surface area contributed by atoms with Crippen LogP contribution in [0.2, 0.25) is 0 Å². The molecule has 2 aliphatic rings. The molecule has 0 bridgehead atoms. The van der Waals surface area contributed by atoms with Gasteiger partial charge in [0, 0.05) is 12.5 Å². The van der Waals surface area contributed by atoms with Crippen molar-refractivity contribution < 1.29 is 4.79 Å². The maximum absolute atomic E-state index is 11.7. The molecule has 2 aromatic rings. The summed E-state index contributed by atoms with van der Waals surface area (Å²) in [4.78, 5) is 11.7. The van der Waals surface area contributed by atoms with Gasteiger partial charge in [0.25, 0.3) is 0 Å². The number of carbonyl (C=O) groups is 1. The van der Waals surface area contributed by atoms with Gasteiger partial charge >= 0.3 is 0 Å². The van der Waals surface area contributed by atoms with Crippen molar-refractivity contribution in [3.63, 3.8) is 0 Å². The predicted molar refractivity (Wildman–Crippen MR) is 149 cm³/mol. The standard InChI is InChI=1S/C33H39NO/c1-23(30-13-11-28(22-34)12-14-30)19-29-10-9-27(20-29)8-7-26-5-4-6-33(21-26)24(2)31-15-17-32(18-16-31)25(3)35/h4-6,9-14,21,31-32H,1-2,7-8,15-20,22,34H2,3H3. The van der Waals surface area contributed by atoms with Crippen LogP contribution in [-0.4, -0.2) is 5.78 Å². The van der Waals surface area contributed by atoms with Crippen LogP contribution in [0.3, 0.4) is 0 Å². The number of ketones is 1. The molecule has 1 fully saturated rings. The number of rotatable bonds is 10. The summed E-state index contributed by atoms with van der Waals surface area (Å²) in [7, 11) is 0. The highest BCUT2D eigenvalue weighted by atomic mass is 16.1. The van der Waals surface area contributed by atoms with Crippen LogP contribution >= 0.6 is 0 Å². The normalized spacial score (nSPS) is 19.7. The first kappa shape index (κ1) is 25.1. The Morgan fingerprint density at radius 1 is 0.857 bits per heavy atom. The minimum atomic E-state index is 0.262. The second kappa shape index (κ2) is 11.6. The van der Waals surface area contributed by atoms with Gasteiger partial charge in [-0.3, -0.25) is 4.79 Å². The largest absolute Gasteiger partial charge is 0.326 e. The van der Waals surface area contributed by atoms with E-state index in [1.165, 1.54) is 33.4 Å². The number of Topliss-reactive ketones (excluding diaryl/α,β-unsaturated/α-hetero) is 1. The molecule has 1 saturated carbocycles. The van der Waals surface area contributed by atoms with Gasteiger partial charge in [-0.15, -0.1) is 0 Å². The highest BCUT2D eigenvalue weighted by molar-refractivity contribution is 5.78. The number of carbonyl (C=O) groups excluding carboxylic acids is 1. The fourth-order valence-corrected chi connectivity index (χ4v) is 5.51. The van der Waals surface area contributed by atoms with E-state index in [0.29, 0.717) is 18.2 Å². The van der Waals surface area contributed by atoms with Gasteiger partial charge in [-0.1, -0.05) is 85.0 Å². The monoisotopic (exact) mass is 465 g/mol. The Labute approximate surface area is 211 Å². The van der Waals surface area contributed by atoms with Crippen LogP contribution in [0.1, 0.15) is 74.1 Å². The van der Waals surface area contributed by atoms with Crippen molar-refractivity contribution in [2.75, 3.05) is 0 Å². The Morgan fingerprint density at radius 2 is 1.54 bits per heavy atom. The highest BCUT2D eigenvalue weighted by Crippen LogP contribution is 2.37. The number of benzene rings is 2. The topological polar surface area (TPSA) is 43.1 Å². The summed E-state index contributed by atoms with van der Waals surface area (Å²) >= 11 is 0. The molecule has 0 heterocycles. The molecule has 0 radical (unpaired) electrons. The van der Waals surface area contributed by atoms with E-state index in [1.807, 2.05) is 0 Å². The second-order valence-electron chi connectivity index (χ2n) is 10.4. The molecular weight excluding hydrogens is 426 g/mol. The van der Waals surface area contributed by atoms with Crippen LogP contribution in [0.25, 0.3) is 11.1 Å². The highest BCUT2D eigenvalue weighted by Gasteiger charge is 2.26. The molecule has 2 N–H and O–H groups in total. The molecule has 2 aliphatic carbocycles. The van der Waals surface area contributed by atoms with Gasteiger partial charge in [0.15, 0.2) is 0 Å². The van der Waals surface area contributed by atoms with Crippen LogP contribution in [0.4, 0.5) is 0 Å². The van der Waals surface area contributed by atoms with Crippen molar-refractivity contribution in [2.24, 2.45) is 17.6 Å². The maximum atomic E-state index is 11.7. The molecule has 35 heavy (non-hydrogen) atoms. The molecule has 0 aliphatic heterocycles. The van der Waals surface area contributed by atoms with Gasteiger partial charge in [0.2, 0.25) is 0 Å². The van der Waals surface area contributed by atoms with E-state index >= 15 is 0 Å². The molecule has 0 aromatic heterocycles. The molecule has 0 unspecified atom stereocenters. The lowest BCUT2D eigenvalue weighted by Crippen LogP contribution is -2.20. The summed E-state index contributed by atoms with van der Waals surface area (Å²) in [6, 6.07) is 17.4. The quantitative estimate of drug-likeness (QED) is 0.388. The first-order valence-electron chi connectivity index (χ1n) is 13.1. The molecule has 2 nitrogen and oxygen atoms in total. The average Bonchev–Trinajstić information content (AvgIpc) is 3.34.